The lowest BCUT2D eigenvalue weighted by atomic mass is 10.1. The number of rotatable bonds is 8. The summed E-state index contributed by atoms with van der Waals surface area (Å²) in [5.41, 5.74) is 2.31. The number of H-pyrrole nitrogens is 1. The minimum Gasteiger partial charge on any atom is -0.497 e. The molecule has 0 radical (unpaired) electrons. The molecule has 0 unspecified atom stereocenters. The van der Waals surface area contributed by atoms with Crippen LogP contribution in [0.5, 0.6) is 11.5 Å². The van der Waals surface area contributed by atoms with Gasteiger partial charge >= 0.3 is 6.03 Å². The van der Waals surface area contributed by atoms with Gasteiger partial charge in [0.15, 0.2) is 0 Å². The van der Waals surface area contributed by atoms with Gasteiger partial charge in [0.1, 0.15) is 18.1 Å². The molecule has 0 bridgehead atoms. The summed E-state index contributed by atoms with van der Waals surface area (Å²) >= 11 is 0. The molecule has 2 amide bonds. The lowest BCUT2D eigenvalue weighted by Crippen LogP contribution is -2.38. The van der Waals surface area contributed by atoms with Crippen LogP contribution in [-0.4, -0.2) is 37.8 Å². The third-order valence-electron chi connectivity index (χ3n) is 4.07. The molecule has 0 fully saturated rings. The molecular formula is C20H23N3O3. The number of aromatic nitrogens is 1. The van der Waals surface area contributed by atoms with E-state index in [1.54, 1.807) is 7.11 Å². The average molecular weight is 353 g/mol. The molecule has 0 aliphatic rings. The topological polar surface area (TPSA) is 75.4 Å². The van der Waals surface area contributed by atoms with E-state index < -0.39 is 0 Å². The highest BCUT2D eigenvalue weighted by Crippen LogP contribution is 2.18. The highest BCUT2D eigenvalue weighted by Gasteiger charge is 2.04. The molecule has 0 aliphatic heterocycles. The van der Waals surface area contributed by atoms with Gasteiger partial charge in [0.2, 0.25) is 0 Å². The quantitative estimate of drug-likeness (QED) is 0.545. The second-order valence-electron chi connectivity index (χ2n) is 5.82. The van der Waals surface area contributed by atoms with Gasteiger partial charge in [0.25, 0.3) is 0 Å². The van der Waals surface area contributed by atoms with Crippen molar-refractivity contribution < 1.29 is 14.3 Å². The van der Waals surface area contributed by atoms with Gasteiger partial charge in [-0.3, -0.25) is 0 Å². The van der Waals surface area contributed by atoms with E-state index in [4.69, 9.17) is 9.47 Å². The van der Waals surface area contributed by atoms with E-state index in [0.29, 0.717) is 19.7 Å². The summed E-state index contributed by atoms with van der Waals surface area (Å²) in [4.78, 5) is 15.1. The van der Waals surface area contributed by atoms with Crippen molar-refractivity contribution in [2.75, 3.05) is 26.8 Å². The van der Waals surface area contributed by atoms with E-state index in [2.05, 4.69) is 21.7 Å². The number of nitrogens with one attached hydrogen (secondary N) is 3. The minimum absolute atomic E-state index is 0.192. The lowest BCUT2D eigenvalue weighted by molar-refractivity contribution is 0.236. The van der Waals surface area contributed by atoms with Crippen molar-refractivity contribution in [1.82, 2.24) is 15.6 Å². The first-order chi connectivity index (χ1) is 12.8. The summed E-state index contributed by atoms with van der Waals surface area (Å²) in [5.74, 6) is 1.53. The van der Waals surface area contributed by atoms with Crippen LogP contribution in [0.3, 0.4) is 0 Å². The molecule has 1 aromatic heterocycles. The van der Waals surface area contributed by atoms with Gasteiger partial charge < -0.3 is 25.1 Å². The van der Waals surface area contributed by atoms with E-state index in [1.807, 2.05) is 48.7 Å². The number of fused-ring (bicyclic) bond motifs is 1. The third kappa shape index (κ3) is 4.69. The molecule has 0 saturated heterocycles. The number of hydrogen-bond donors (Lipinski definition) is 3. The lowest BCUT2D eigenvalue weighted by Gasteiger charge is -2.09. The van der Waals surface area contributed by atoms with Crippen molar-refractivity contribution in [3.8, 4) is 11.5 Å². The zero-order chi connectivity index (χ0) is 18.2. The molecule has 2 aromatic carbocycles. The van der Waals surface area contributed by atoms with Crippen LogP contribution in [-0.2, 0) is 6.42 Å². The SMILES string of the molecule is COc1ccc(OCCNC(=O)NCCc2c[nH]c3ccccc23)cc1. The first-order valence-corrected chi connectivity index (χ1v) is 8.60. The van der Waals surface area contributed by atoms with Crippen molar-refractivity contribution in [2.45, 2.75) is 6.42 Å². The zero-order valence-electron chi connectivity index (χ0n) is 14.7. The number of amides is 2. The van der Waals surface area contributed by atoms with Crippen LogP contribution < -0.4 is 20.1 Å². The fourth-order valence-electron chi connectivity index (χ4n) is 2.72. The van der Waals surface area contributed by atoms with E-state index in [0.717, 1.165) is 23.4 Å². The Hall–Kier alpha value is -3.15. The maximum absolute atomic E-state index is 11.8. The van der Waals surface area contributed by atoms with Crippen LogP contribution in [0.1, 0.15) is 5.56 Å². The summed E-state index contributed by atoms with van der Waals surface area (Å²) in [5, 5.41) is 6.85. The number of methoxy groups -OCH3 is 1. The van der Waals surface area contributed by atoms with Crippen LogP contribution >= 0.6 is 0 Å². The van der Waals surface area contributed by atoms with E-state index >= 15 is 0 Å². The van der Waals surface area contributed by atoms with E-state index in [9.17, 15) is 4.79 Å². The Morgan fingerprint density at radius 1 is 1.00 bits per heavy atom. The standard InChI is InChI=1S/C20H23N3O3/c1-25-16-6-8-17(9-7-16)26-13-12-22-20(24)21-11-10-15-14-23-19-5-3-2-4-18(15)19/h2-9,14,23H,10-13H2,1H3,(H2,21,22,24). The second kappa shape index (κ2) is 8.80. The minimum atomic E-state index is -0.192. The van der Waals surface area contributed by atoms with Crippen molar-refractivity contribution in [3.05, 3.63) is 60.3 Å². The van der Waals surface area contributed by atoms with Crippen LogP contribution in [0, 0.1) is 0 Å². The fourth-order valence-corrected chi connectivity index (χ4v) is 2.72. The monoisotopic (exact) mass is 353 g/mol. The molecule has 136 valence electrons. The number of aromatic amines is 1. The first-order valence-electron chi connectivity index (χ1n) is 8.60. The van der Waals surface area contributed by atoms with Gasteiger partial charge in [0.05, 0.1) is 13.7 Å². The van der Waals surface area contributed by atoms with Crippen molar-refractivity contribution >= 4 is 16.9 Å². The summed E-state index contributed by atoms with van der Waals surface area (Å²) in [6.07, 6.45) is 2.77. The predicted molar refractivity (Wildman–Crippen MR) is 102 cm³/mol. The first kappa shape index (κ1) is 17.7. The largest absolute Gasteiger partial charge is 0.497 e. The fraction of sp³-hybridized carbons (Fsp3) is 0.250. The van der Waals surface area contributed by atoms with Gasteiger partial charge in [-0.05, 0) is 42.3 Å². The normalized spacial score (nSPS) is 10.5. The van der Waals surface area contributed by atoms with E-state index in [1.165, 1.54) is 10.9 Å². The Morgan fingerprint density at radius 3 is 2.54 bits per heavy atom. The maximum Gasteiger partial charge on any atom is 0.314 e. The Balaban J connectivity index is 1.33. The Bertz CT molecular complexity index is 843. The Labute approximate surface area is 152 Å². The number of carbonyl (C=O) groups is 1. The molecule has 1 heterocycles. The van der Waals surface area contributed by atoms with Crippen molar-refractivity contribution in [2.24, 2.45) is 0 Å². The molecule has 0 spiro atoms. The Kier molecular flexibility index (Phi) is 5.98. The molecule has 3 aromatic rings. The second-order valence-corrected chi connectivity index (χ2v) is 5.82. The van der Waals surface area contributed by atoms with Crippen LogP contribution in [0.15, 0.2) is 54.7 Å². The summed E-state index contributed by atoms with van der Waals surface area (Å²) in [6, 6.07) is 15.3. The number of hydrogen-bond acceptors (Lipinski definition) is 3. The van der Waals surface area contributed by atoms with Crippen molar-refractivity contribution in [3.63, 3.8) is 0 Å². The van der Waals surface area contributed by atoms with Crippen LogP contribution in [0.4, 0.5) is 4.79 Å². The predicted octanol–water partition coefficient (Wildman–Crippen LogP) is 3.10. The molecule has 0 aliphatic carbocycles. The Morgan fingerprint density at radius 2 is 1.73 bits per heavy atom. The number of urea groups is 1. The summed E-state index contributed by atoms with van der Waals surface area (Å²) in [6.45, 7) is 1.42. The van der Waals surface area contributed by atoms with Gasteiger partial charge in [-0.25, -0.2) is 4.79 Å². The molecule has 26 heavy (non-hydrogen) atoms. The highest BCUT2D eigenvalue weighted by molar-refractivity contribution is 5.83. The summed E-state index contributed by atoms with van der Waals surface area (Å²) in [7, 11) is 1.62. The van der Waals surface area contributed by atoms with Crippen LogP contribution in [0.25, 0.3) is 10.9 Å². The zero-order valence-corrected chi connectivity index (χ0v) is 14.7. The molecule has 3 N–H and O–H groups in total. The molecule has 3 rings (SSSR count). The third-order valence-corrected chi connectivity index (χ3v) is 4.07. The molecular weight excluding hydrogens is 330 g/mol. The van der Waals surface area contributed by atoms with Gasteiger partial charge in [0, 0.05) is 23.6 Å². The molecule has 0 saturated carbocycles. The number of ether oxygens (including phenoxy) is 2. The van der Waals surface area contributed by atoms with E-state index in [-0.39, 0.29) is 6.03 Å². The van der Waals surface area contributed by atoms with Gasteiger partial charge in [-0.2, -0.15) is 0 Å². The van der Waals surface area contributed by atoms with Crippen LogP contribution in [0.2, 0.25) is 0 Å². The number of benzene rings is 2. The van der Waals surface area contributed by atoms with Crippen molar-refractivity contribution in [1.29, 1.82) is 0 Å². The maximum atomic E-state index is 11.8. The smallest absolute Gasteiger partial charge is 0.314 e. The molecule has 0 atom stereocenters. The summed E-state index contributed by atoms with van der Waals surface area (Å²) < 4.78 is 10.7. The van der Waals surface area contributed by atoms with Gasteiger partial charge in [-0.1, -0.05) is 18.2 Å². The molecule has 6 heteroatoms. The highest BCUT2D eigenvalue weighted by atomic mass is 16.5. The van der Waals surface area contributed by atoms with Gasteiger partial charge in [-0.15, -0.1) is 0 Å². The average Bonchev–Trinajstić information content (AvgIpc) is 3.09. The number of para-hydroxylation sites is 1. The number of carbonyl (C=O) groups excluding carboxylic acids is 1. The molecule has 6 nitrogen and oxygen atoms in total.